The van der Waals surface area contributed by atoms with Crippen LogP contribution in [-0.4, -0.2) is 19.7 Å². The average Bonchev–Trinajstić information content (AvgIpc) is 3.07. The number of hydrogen-bond donors (Lipinski definition) is 0. The standard InChI is InChI=1S/C20H18N4O2S/c1-12-7-6-8-13(2)18(12)24-19(25)15-9-4-5-10-16(15)22-20(24)27-11-17-21-14(3)23-26-17/h4-10H,11H2,1-3H3. The lowest BCUT2D eigenvalue weighted by atomic mass is 10.1. The van der Waals surface area contributed by atoms with Crippen LogP contribution in [0.3, 0.4) is 0 Å². The maximum atomic E-state index is 13.3. The molecule has 0 aliphatic carbocycles. The van der Waals surface area contributed by atoms with Gasteiger partial charge in [-0.1, -0.05) is 47.3 Å². The minimum absolute atomic E-state index is 0.0813. The topological polar surface area (TPSA) is 73.8 Å². The molecule has 0 fully saturated rings. The van der Waals surface area contributed by atoms with E-state index >= 15 is 0 Å². The van der Waals surface area contributed by atoms with Crippen LogP contribution < -0.4 is 5.56 Å². The van der Waals surface area contributed by atoms with E-state index < -0.39 is 0 Å². The van der Waals surface area contributed by atoms with Crippen molar-refractivity contribution < 1.29 is 4.52 Å². The molecule has 0 bridgehead atoms. The van der Waals surface area contributed by atoms with Crippen molar-refractivity contribution in [3.05, 3.63) is 75.7 Å². The Balaban J connectivity index is 1.91. The quantitative estimate of drug-likeness (QED) is 0.395. The van der Waals surface area contributed by atoms with Crippen LogP contribution >= 0.6 is 11.8 Å². The smallest absolute Gasteiger partial charge is 0.266 e. The summed E-state index contributed by atoms with van der Waals surface area (Å²) >= 11 is 1.41. The first-order valence-corrected chi connectivity index (χ1v) is 9.53. The van der Waals surface area contributed by atoms with Crippen LogP contribution in [0.2, 0.25) is 0 Å². The Morgan fingerprint density at radius 2 is 1.74 bits per heavy atom. The number of nitrogens with zero attached hydrogens (tertiary/aromatic N) is 4. The first kappa shape index (κ1) is 17.5. The van der Waals surface area contributed by atoms with Crippen LogP contribution in [0.4, 0.5) is 0 Å². The van der Waals surface area contributed by atoms with Crippen molar-refractivity contribution in [3.63, 3.8) is 0 Å². The number of aryl methyl sites for hydroxylation is 3. The molecule has 2 aromatic carbocycles. The van der Waals surface area contributed by atoms with E-state index in [1.807, 2.05) is 56.3 Å². The zero-order valence-electron chi connectivity index (χ0n) is 15.3. The van der Waals surface area contributed by atoms with Gasteiger partial charge in [0.05, 0.1) is 22.3 Å². The van der Waals surface area contributed by atoms with Crippen LogP contribution in [0, 0.1) is 20.8 Å². The molecule has 136 valence electrons. The summed E-state index contributed by atoms with van der Waals surface area (Å²) < 4.78 is 6.89. The zero-order valence-corrected chi connectivity index (χ0v) is 16.1. The first-order valence-electron chi connectivity index (χ1n) is 8.55. The molecule has 4 rings (SSSR count). The monoisotopic (exact) mass is 378 g/mol. The fourth-order valence-electron chi connectivity index (χ4n) is 3.09. The van der Waals surface area contributed by atoms with E-state index in [9.17, 15) is 4.79 Å². The highest BCUT2D eigenvalue weighted by Gasteiger charge is 2.17. The minimum atomic E-state index is -0.0813. The fraction of sp³-hybridized carbons (Fsp3) is 0.200. The van der Waals surface area contributed by atoms with Crippen LogP contribution in [0.1, 0.15) is 22.8 Å². The summed E-state index contributed by atoms with van der Waals surface area (Å²) in [5, 5.41) is 5.02. The van der Waals surface area contributed by atoms with Crippen molar-refractivity contribution in [1.82, 2.24) is 19.7 Å². The molecule has 27 heavy (non-hydrogen) atoms. The van der Waals surface area contributed by atoms with Gasteiger partial charge in [0.15, 0.2) is 11.0 Å². The third-order valence-corrected chi connectivity index (χ3v) is 5.23. The van der Waals surface area contributed by atoms with E-state index in [1.54, 1.807) is 11.5 Å². The molecule has 0 unspecified atom stereocenters. The fourth-order valence-corrected chi connectivity index (χ4v) is 3.93. The van der Waals surface area contributed by atoms with Gasteiger partial charge in [-0.2, -0.15) is 4.98 Å². The second-order valence-corrected chi connectivity index (χ2v) is 7.26. The van der Waals surface area contributed by atoms with Gasteiger partial charge in [0.25, 0.3) is 5.56 Å². The van der Waals surface area contributed by atoms with Gasteiger partial charge < -0.3 is 4.52 Å². The maximum Gasteiger partial charge on any atom is 0.266 e. The number of aromatic nitrogens is 4. The maximum absolute atomic E-state index is 13.3. The molecule has 0 aliphatic heterocycles. The molecule has 2 heterocycles. The van der Waals surface area contributed by atoms with E-state index in [4.69, 9.17) is 9.51 Å². The molecular weight excluding hydrogens is 360 g/mol. The lowest BCUT2D eigenvalue weighted by molar-refractivity contribution is 0.387. The molecule has 0 spiro atoms. The van der Waals surface area contributed by atoms with Gasteiger partial charge in [-0.25, -0.2) is 4.98 Å². The van der Waals surface area contributed by atoms with Crippen LogP contribution in [0.5, 0.6) is 0 Å². The number of para-hydroxylation sites is 2. The number of rotatable bonds is 4. The predicted molar refractivity (Wildman–Crippen MR) is 105 cm³/mol. The highest BCUT2D eigenvalue weighted by molar-refractivity contribution is 7.98. The Hall–Kier alpha value is -2.93. The number of benzene rings is 2. The van der Waals surface area contributed by atoms with Crippen molar-refractivity contribution in [2.75, 3.05) is 0 Å². The largest absolute Gasteiger partial charge is 0.338 e. The second-order valence-electron chi connectivity index (χ2n) is 6.32. The van der Waals surface area contributed by atoms with E-state index in [1.165, 1.54) is 11.8 Å². The van der Waals surface area contributed by atoms with Gasteiger partial charge in [-0.15, -0.1) is 0 Å². The molecular formula is C20H18N4O2S. The normalized spacial score (nSPS) is 11.2. The van der Waals surface area contributed by atoms with E-state index in [0.717, 1.165) is 16.8 Å². The Morgan fingerprint density at radius 1 is 1.00 bits per heavy atom. The zero-order chi connectivity index (χ0) is 19.0. The van der Waals surface area contributed by atoms with Gasteiger partial charge in [-0.05, 0) is 44.0 Å². The van der Waals surface area contributed by atoms with Gasteiger partial charge >= 0.3 is 0 Å². The highest BCUT2D eigenvalue weighted by Crippen LogP contribution is 2.27. The van der Waals surface area contributed by atoms with Crippen molar-refractivity contribution in [2.45, 2.75) is 31.7 Å². The lowest BCUT2D eigenvalue weighted by Gasteiger charge is -2.16. The molecule has 0 saturated carbocycles. The predicted octanol–water partition coefficient (Wildman–Crippen LogP) is 3.99. The summed E-state index contributed by atoms with van der Waals surface area (Å²) in [5.74, 6) is 1.54. The molecule has 0 aliphatic rings. The molecule has 0 N–H and O–H groups in total. The second kappa shape index (κ2) is 7.00. The van der Waals surface area contributed by atoms with Gasteiger partial charge in [0.1, 0.15) is 0 Å². The molecule has 7 heteroatoms. The number of thioether (sulfide) groups is 1. The van der Waals surface area contributed by atoms with Gasteiger partial charge in [-0.3, -0.25) is 9.36 Å². The molecule has 4 aromatic rings. The molecule has 0 atom stereocenters. The Bertz CT molecular complexity index is 1180. The Morgan fingerprint density at radius 3 is 2.44 bits per heavy atom. The van der Waals surface area contributed by atoms with Crippen LogP contribution in [-0.2, 0) is 5.75 Å². The Labute approximate surface area is 160 Å². The van der Waals surface area contributed by atoms with Crippen LogP contribution in [0.25, 0.3) is 16.6 Å². The minimum Gasteiger partial charge on any atom is -0.338 e. The third kappa shape index (κ3) is 3.26. The molecule has 0 saturated heterocycles. The van der Waals surface area contributed by atoms with Crippen LogP contribution in [0.15, 0.2) is 56.9 Å². The van der Waals surface area contributed by atoms with Crippen molar-refractivity contribution in [3.8, 4) is 5.69 Å². The van der Waals surface area contributed by atoms with Gasteiger partial charge in [0, 0.05) is 0 Å². The van der Waals surface area contributed by atoms with E-state index in [2.05, 4.69) is 10.1 Å². The molecule has 0 radical (unpaired) electrons. The highest BCUT2D eigenvalue weighted by atomic mass is 32.2. The number of fused-ring (bicyclic) bond motifs is 1. The summed E-state index contributed by atoms with van der Waals surface area (Å²) in [6, 6.07) is 13.4. The van der Waals surface area contributed by atoms with Crippen molar-refractivity contribution >= 4 is 22.7 Å². The average molecular weight is 378 g/mol. The third-order valence-electron chi connectivity index (χ3n) is 4.30. The van der Waals surface area contributed by atoms with Crippen molar-refractivity contribution in [1.29, 1.82) is 0 Å². The van der Waals surface area contributed by atoms with E-state index in [-0.39, 0.29) is 5.56 Å². The van der Waals surface area contributed by atoms with Crippen molar-refractivity contribution in [2.24, 2.45) is 0 Å². The summed E-state index contributed by atoms with van der Waals surface area (Å²) in [5.41, 5.74) is 3.50. The number of hydrogen-bond acceptors (Lipinski definition) is 6. The molecule has 0 amide bonds. The van der Waals surface area contributed by atoms with Gasteiger partial charge in [0.2, 0.25) is 5.89 Å². The summed E-state index contributed by atoms with van der Waals surface area (Å²) in [7, 11) is 0. The Kier molecular flexibility index (Phi) is 4.53. The summed E-state index contributed by atoms with van der Waals surface area (Å²) in [6.45, 7) is 5.78. The molecule has 2 aromatic heterocycles. The summed E-state index contributed by atoms with van der Waals surface area (Å²) in [6.07, 6.45) is 0. The van der Waals surface area contributed by atoms with E-state index in [0.29, 0.717) is 33.5 Å². The first-order chi connectivity index (χ1) is 13.0. The summed E-state index contributed by atoms with van der Waals surface area (Å²) in [4.78, 5) is 22.3. The SMILES string of the molecule is Cc1noc(CSc2nc3ccccc3c(=O)n2-c2c(C)cccc2C)n1. The molecule has 6 nitrogen and oxygen atoms in total. The lowest BCUT2D eigenvalue weighted by Crippen LogP contribution is -2.23.